The van der Waals surface area contributed by atoms with Gasteiger partial charge < -0.3 is 10.2 Å². The first kappa shape index (κ1) is 14.6. The van der Waals surface area contributed by atoms with E-state index in [1.807, 2.05) is 0 Å². The maximum absolute atomic E-state index is 5.33. The van der Waals surface area contributed by atoms with Crippen LogP contribution in [0, 0.1) is 9.02 Å². The molecule has 1 rings (SSSR count). The topological polar surface area (TPSA) is 15.3 Å². The Bertz CT molecular complexity index is 415. The van der Waals surface area contributed by atoms with E-state index in [4.69, 9.17) is 24.4 Å². The molecule has 96 valence electrons. The van der Waals surface area contributed by atoms with Crippen molar-refractivity contribution in [3.63, 3.8) is 0 Å². The Hall–Kier alpha value is -0.480. The molecule has 0 amide bonds. The minimum absolute atomic E-state index is 0.846. The standard InChI is InChI=1S/C13H22N2S2/c1-4-7-8-9-14-10-11(13(17)12(10)16)15(5-2)6-3/h14H,4-9H2,1-3H3. The second kappa shape index (κ2) is 7.07. The molecule has 0 bridgehead atoms. The molecule has 0 aliphatic heterocycles. The minimum atomic E-state index is 0.846. The Kier molecular flexibility index (Phi) is 6.06. The van der Waals surface area contributed by atoms with E-state index in [1.165, 1.54) is 19.3 Å². The molecule has 17 heavy (non-hydrogen) atoms. The first-order valence-corrected chi connectivity index (χ1v) is 7.31. The lowest BCUT2D eigenvalue weighted by Crippen LogP contribution is -2.25. The number of nitrogens with zero attached hydrogens (tertiary/aromatic N) is 1. The number of hydrogen-bond donors (Lipinski definition) is 1. The lowest BCUT2D eigenvalue weighted by Gasteiger charge is -2.27. The molecule has 0 unspecified atom stereocenters. The third-order valence-corrected chi connectivity index (χ3v) is 3.98. The predicted molar refractivity (Wildman–Crippen MR) is 82.1 cm³/mol. The lowest BCUT2D eigenvalue weighted by atomic mass is 10.1. The second-order valence-electron chi connectivity index (χ2n) is 4.19. The molecule has 0 fully saturated rings. The van der Waals surface area contributed by atoms with E-state index in [-0.39, 0.29) is 0 Å². The Balaban J connectivity index is 2.69. The predicted octanol–water partition coefficient (Wildman–Crippen LogP) is 4.47. The average molecular weight is 270 g/mol. The summed E-state index contributed by atoms with van der Waals surface area (Å²) in [6, 6.07) is 0. The highest BCUT2D eigenvalue weighted by Gasteiger charge is 2.18. The fraction of sp³-hybridized carbons (Fsp3) is 0.692. The van der Waals surface area contributed by atoms with Gasteiger partial charge >= 0.3 is 0 Å². The van der Waals surface area contributed by atoms with Crippen LogP contribution in [0.4, 0.5) is 11.4 Å². The molecule has 0 heterocycles. The number of hydrogen-bond acceptors (Lipinski definition) is 4. The quantitative estimate of drug-likeness (QED) is 0.553. The smallest absolute Gasteiger partial charge is 0.0834 e. The van der Waals surface area contributed by atoms with Crippen molar-refractivity contribution in [2.24, 2.45) is 0 Å². The Morgan fingerprint density at radius 3 is 2.18 bits per heavy atom. The third kappa shape index (κ3) is 3.26. The molecule has 2 nitrogen and oxygen atoms in total. The average Bonchev–Trinajstić information content (AvgIpc) is 2.36. The first-order valence-electron chi connectivity index (χ1n) is 6.49. The molecule has 0 radical (unpaired) electrons. The number of nitrogens with one attached hydrogen (secondary N) is 1. The summed E-state index contributed by atoms with van der Waals surface area (Å²) in [7, 11) is 0. The van der Waals surface area contributed by atoms with Gasteiger partial charge in [0.1, 0.15) is 0 Å². The zero-order valence-electron chi connectivity index (χ0n) is 11.0. The van der Waals surface area contributed by atoms with Crippen molar-refractivity contribution in [3.05, 3.63) is 9.02 Å². The van der Waals surface area contributed by atoms with Crippen LogP contribution in [-0.4, -0.2) is 19.6 Å². The summed E-state index contributed by atoms with van der Waals surface area (Å²) in [5.41, 5.74) is 2.26. The van der Waals surface area contributed by atoms with Crippen LogP contribution >= 0.6 is 24.4 Å². The van der Waals surface area contributed by atoms with Crippen LogP contribution in [0.1, 0.15) is 40.0 Å². The van der Waals surface area contributed by atoms with Gasteiger partial charge in [0.2, 0.25) is 0 Å². The maximum atomic E-state index is 5.33. The van der Waals surface area contributed by atoms with Crippen LogP contribution in [0.15, 0.2) is 0 Å². The highest BCUT2D eigenvalue weighted by molar-refractivity contribution is 7.74. The highest BCUT2D eigenvalue weighted by atomic mass is 32.1. The van der Waals surface area contributed by atoms with Gasteiger partial charge in [0.25, 0.3) is 0 Å². The monoisotopic (exact) mass is 270 g/mol. The molecular formula is C13H22N2S2. The van der Waals surface area contributed by atoms with E-state index in [0.29, 0.717) is 0 Å². The van der Waals surface area contributed by atoms with Gasteiger partial charge in [-0.05, 0) is 20.3 Å². The van der Waals surface area contributed by atoms with E-state index >= 15 is 0 Å². The number of rotatable bonds is 8. The van der Waals surface area contributed by atoms with Gasteiger partial charge in [0.05, 0.1) is 20.4 Å². The van der Waals surface area contributed by atoms with E-state index in [1.54, 1.807) is 0 Å². The van der Waals surface area contributed by atoms with Crippen molar-refractivity contribution < 1.29 is 0 Å². The van der Waals surface area contributed by atoms with E-state index in [0.717, 1.165) is 40.0 Å². The van der Waals surface area contributed by atoms with Crippen LogP contribution in [0.3, 0.4) is 0 Å². The van der Waals surface area contributed by atoms with Crippen LogP contribution in [0.25, 0.3) is 0 Å². The Morgan fingerprint density at radius 2 is 1.65 bits per heavy atom. The molecule has 0 aliphatic carbocycles. The lowest BCUT2D eigenvalue weighted by molar-refractivity contribution is 0.742. The van der Waals surface area contributed by atoms with Gasteiger partial charge in [-0.15, -0.1) is 0 Å². The fourth-order valence-corrected chi connectivity index (χ4v) is 2.57. The van der Waals surface area contributed by atoms with Crippen LogP contribution < -0.4 is 10.2 Å². The molecule has 1 N–H and O–H groups in total. The Labute approximate surface area is 115 Å². The van der Waals surface area contributed by atoms with Crippen molar-refractivity contribution in [2.75, 3.05) is 29.9 Å². The van der Waals surface area contributed by atoms with E-state index in [9.17, 15) is 0 Å². The molecule has 4 heteroatoms. The Morgan fingerprint density at radius 1 is 1.00 bits per heavy atom. The van der Waals surface area contributed by atoms with Gasteiger partial charge in [-0.25, -0.2) is 0 Å². The fourth-order valence-electron chi connectivity index (χ4n) is 1.97. The summed E-state index contributed by atoms with van der Waals surface area (Å²) in [6.07, 6.45) is 3.70. The third-order valence-electron chi connectivity index (χ3n) is 3.05. The van der Waals surface area contributed by atoms with Gasteiger partial charge in [-0.1, -0.05) is 44.2 Å². The van der Waals surface area contributed by atoms with Crippen LogP contribution in [0.2, 0.25) is 0 Å². The molecule has 0 spiro atoms. The molecule has 1 aromatic rings. The van der Waals surface area contributed by atoms with Gasteiger partial charge in [0.15, 0.2) is 0 Å². The molecule has 0 aromatic heterocycles. The molecule has 0 saturated carbocycles. The largest absolute Gasteiger partial charge is 0.382 e. The van der Waals surface area contributed by atoms with Crippen molar-refractivity contribution in [3.8, 4) is 0 Å². The van der Waals surface area contributed by atoms with Gasteiger partial charge in [0, 0.05) is 19.6 Å². The highest BCUT2D eigenvalue weighted by Crippen LogP contribution is 2.35. The van der Waals surface area contributed by atoms with Crippen molar-refractivity contribution in [1.29, 1.82) is 0 Å². The first-order chi connectivity index (χ1) is 8.17. The zero-order valence-corrected chi connectivity index (χ0v) is 12.6. The normalized spacial score (nSPS) is 10.8. The number of anilines is 2. The molecule has 0 aliphatic rings. The van der Waals surface area contributed by atoms with Crippen molar-refractivity contribution in [2.45, 2.75) is 40.0 Å². The van der Waals surface area contributed by atoms with E-state index < -0.39 is 0 Å². The molecular weight excluding hydrogens is 248 g/mol. The van der Waals surface area contributed by atoms with Gasteiger partial charge in [-0.2, -0.15) is 0 Å². The molecule has 1 aromatic carbocycles. The summed E-state index contributed by atoms with van der Waals surface area (Å²) >= 11 is 10.6. The van der Waals surface area contributed by atoms with E-state index in [2.05, 4.69) is 31.0 Å². The summed E-state index contributed by atoms with van der Waals surface area (Å²) in [5.74, 6) is 0. The van der Waals surface area contributed by atoms with Crippen LogP contribution in [-0.2, 0) is 0 Å². The van der Waals surface area contributed by atoms with Crippen molar-refractivity contribution in [1.82, 2.24) is 0 Å². The minimum Gasteiger partial charge on any atom is -0.382 e. The summed E-state index contributed by atoms with van der Waals surface area (Å²) in [6.45, 7) is 9.47. The molecule has 0 saturated heterocycles. The maximum Gasteiger partial charge on any atom is 0.0834 e. The SMILES string of the molecule is CCCCCNc1c(N(CC)CC)c(=S)c1=S. The number of unbranched alkanes of at least 4 members (excludes halogenated alkanes) is 2. The molecule has 0 atom stereocenters. The summed E-state index contributed by atoms with van der Waals surface area (Å²) in [4.78, 5) is 2.28. The summed E-state index contributed by atoms with van der Waals surface area (Å²) < 4.78 is 1.71. The zero-order chi connectivity index (χ0) is 12.8. The second-order valence-corrected chi connectivity index (χ2v) is 5.00. The van der Waals surface area contributed by atoms with Crippen LogP contribution in [0.5, 0.6) is 0 Å². The summed E-state index contributed by atoms with van der Waals surface area (Å²) in [5, 5.41) is 3.44. The van der Waals surface area contributed by atoms with Gasteiger partial charge in [-0.3, -0.25) is 0 Å². The van der Waals surface area contributed by atoms with Crippen molar-refractivity contribution >= 4 is 35.8 Å².